The van der Waals surface area contributed by atoms with Crippen molar-refractivity contribution in [1.82, 2.24) is 19.9 Å². The molecule has 1 saturated carbocycles. The van der Waals surface area contributed by atoms with Gasteiger partial charge in [0.15, 0.2) is 11.6 Å². The van der Waals surface area contributed by atoms with Gasteiger partial charge in [-0.2, -0.15) is 15.2 Å². The molecule has 2 unspecified atom stereocenters. The molecule has 2 aromatic rings. The third-order valence-electron chi connectivity index (χ3n) is 9.24. The normalized spacial score (nSPS) is 24.5. The lowest BCUT2D eigenvalue weighted by molar-refractivity contribution is -0.0134. The number of rotatable bonds is 11. The number of aromatic nitrogens is 3. The molecule has 4 aliphatic rings. The van der Waals surface area contributed by atoms with Gasteiger partial charge < -0.3 is 20.1 Å². The van der Waals surface area contributed by atoms with Gasteiger partial charge in [-0.1, -0.05) is 25.1 Å². The van der Waals surface area contributed by atoms with Crippen LogP contribution in [-0.4, -0.2) is 77.1 Å². The minimum absolute atomic E-state index is 0.0319. The van der Waals surface area contributed by atoms with E-state index in [2.05, 4.69) is 28.7 Å². The van der Waals surface area contributed by atoms with Gasteiger partial charge in [0.1, 0.15) is 22.9 Å². The summed E-state index contributed by atoms with van der Waals surface area (Å²) in [5.41, 5.74) is 5.84. The number of pyridine rings is 1. The van der Waals surface area contributed by atoms with Crippen LogP contribution in [0.5, 0.6) is 6.01 Å². The maximum absolute atomic E-state index is 16.6. The molecule has 0 amide bonds. The van der Waals surface area contributed by atoms with Gasteiger partial charge in [0.25, 0.3) is 0 Å². The fourth-order valence-electron chi connectivity index (χ4n) is 6.32. The summed E-state index contributed by atoms with van der Waals surface area (Å²) in [5, 5.41) is 9.15. The van der Waals surface area contributed by atoms with Crippen LogP contribution >= 0.6 is 11.8 Å². The van der Waals surface area contributed by atoms with Gasteiger partial charge >= 0.3 is 6.01 Å². The van der Waals surface area contributed by atoms with E-state index in [9.17, 15) is 14.0 Å². The number of thioether (sulfide) groups is 1. The van der Waals surface area contributed by atoms with Gasteiger partial charge in [-0.3, -0.25) is 9.88 Å². The number of nitrogens with two attached hydrogens (primary N) is 1. The number of unbranched alkanes of at least 4 members (excludes halogenated alkanes) is 1. The van der Waals surface area contributed by atoms with E-state index in [0.29, 0.717) is 50.2 Å². The first-order chi connectivity index (χ1) is 21.7. The van der Waals surface area contributed by atoms with Crippen molar-refractivity contribution < 1.29 is 22.6 Å². The molecule has 2 aromatic heterocycles. The van der Waals surface area contributed by atoms with Gasteiger partial charge in [0.2, 0.25) is 0 Å². The summed E-state index contributed by atoms with van der Waals surface area (Å²) in [4.78, 5) is 18.2. The summed E-state index contributed by atoms with van der Waals surface area (Å²) in [6.45, 7) is 11.1. The van der Waals surface area contributed by atoms with Crippen LogP contribution in [0, 0.1) is 28.5 Å². The SMILES string of the molecule is CCCCN(CC)c1nc(OCC2(CN3CCOC[C@H]3C)CC2)nc2c(F)c(C3=CC(F)=C(F)C4SC(N)=C(C#N)C34)ncc12. The zero-order chi connectivity index (χ0) is 31.9. The minimum atomic E-state index is -1.14. The zero-order valence-corrected chi connectivity index (χ0v) is 26.6. The molecule has 0 spiro atoms. The number of allylic oxidation sites excluding steroid dienone is 4. The van der Waals surface area contributed by atoms with E-state index < -0.39 is 28.6 Å². The second-order valence-corrected chi connectivity index (χ2v) is 13.5. The Morgan fingerprint density at radius 3 is 2.76 bits per heavy atom. The molecule has 240 valence electrons. The van der Waals surface area contributed by atoms with Crippen molar-refractivity contribution in [3.05, 3.63) is 46.0 Å². The van der Waals surface area contributed by atoms with E-state index in [-0.39, 0.29) is 38.8 Å². The lowest BCUT2D eigenvalue weighted by Gasteiger charge is -2.35. The van der Waals surface area contributed by atoms with Crippen LogP contribution in [0.15, 0.2) is 34.5 Å². The molecule has 2 aliphatic heterocycles. The Morgan fingerprint density at radius 2 is 2.07 bits per heavy atom. The molecular formula is C32H38F3N7O2S. The smallest absolute Gasteiger partial charge is 0.319 e. The first kappa shape index (κ1) is 31.6. The number of fused-ring (bicyclic) bond motifs is 2. The molecule has 6 rings (SSSR count). The van der Waals surface area contributed by atoms with Gasteiger partial charge in [-0.25, -0.2) is 13.2 Å². The van der Waals surface area contributed by atoms with E-state index in [4.69, 9.17) is 20.2 Å². The lowest BCUT2D eigenvalue weighted by atomic mass is 9.82. The van der Waals surface area contributed by atoms with E-state index in [1.165, 1.54) is 6.20 Å². The molecule has 2 aliphatic carbocycles. The first-order valence-electron chi connectivity index (χ1n) is 15.6. The molecule has 0 aromatic carbocycles. The first-order valence-corrected chi connectivity index (χ1v) is 16.5. The predicted molar refractivity (Wildman–Crippen MR) is 168 cm³/mol. The Hall–Kier alpha value is -3.34. The second-order valence-electron chi connectivity index (χ2n) is 12.3. The molecule has 2 N–H and O–H groups in total. The van der Waals surface area contributed by atoms with Gasteiger partial charge in [-0.05, 0) is 44.8 Å². The highest BCUT2D eigenvalue weighted by Gasteiger charge is 2.47. The molecule has 45 heavy (non-hydrogen) atoms. The fourth-order valence-corrected chi connectivity index (χ4v) is 7.53. The van der Waals surface area contributed by atoms with Crippen LogP contribution in [0.2, 0.25) is 0 Å². The topological polar surface area (TPSA) is 113 Å². The van der Waals surface area contributed by atoms with Crippen molar-refractivity contribution in [3.63, 3.8) is 0 Å². The number of ether oxygens (including phenoxy) is 2. The largest absolute Gasteiger partial charge is 0.463 e. The molecule has 0 bridgehead atoms. The molecular weight excluding hydrogens is 603 g/mol. The van der Waals surface area contributed by atoms with Crippen LogP contribution in [0.25, 0.3) is 16.5 Å². The van der Waals surface area contributed by atoms with Crippen molar-refractivity contribution in [2.24, 2.45) is 17.1 Å². The minimum Gasteiger partial charge on any atom is -0.463 e. The Bertz CT molecular complexity index is 1620. The van der Waals surface area contributed by atoms with Crippen LogP contribution in [0.3, 0.4) is 0 Å². The molecule has 4 heterocycles. The van der Waals surface area contributed by atoms with Crippen molar-refractivity contribution >= 4 is 34.1 Å². The van der Waals surface area contributed by atoms with Crippen molar-refractivity contribution in [2.45, 2.75) is 57.7 Å². The van der Waals surface area contributed by atoms with Crippen molar-refractivity contribution in [3.8, 4) is 12.1 Å². The Morgan fingerprint density at radius 1 is 1.27 bits per heavy atom. The standard InChI is InChI=1S/C32H38F3N7O2S/c1-4-6-9-41(5-2)30-21-14-38-26(19-12-22(33)24(34)28-23(19)20(13-36)29(37)45-28)25(35)27(21)39-31(40-30)44-17-32(7-8-32)16-42-10-11-43-15-18(42)3/h12,14,18,23,28H,4-11,15-17,37H2,1-3H3/t18-,23?,28?/m1/s1. The van der Waals surface area contributed by atoms with Crippen molar-refractivity contribution in [2.75, 3.05) is 50.9 Å². The monoisotopic (exact) mass is 641 g/mol. The van der Waals surface area contributed by atoms with Gasteiger partial charge in [0.05, 0.1) is 47.1 Å². The number of nitriles is 1. The van der Waals surface area contributed by atoms with E-state index in [1.54, 1.807) is 0 Å². The van der Waals surface area contributed by atoms with Gasteiger partial charge in [0, 0.05) is 49.8 Å². The highest BCUT2D eigenvalue weighted by molar-refractivity contribution is 8.04. The van der Waals surface area contributed by atoms with Crippen molar-refractivity contribution in [1.29, 1.82) is 5.26 Å². The summed E-state index contributed by atoms with van der Waals surface area (Å²) in [7, 11) is 0. The summed E-state index contributed by atoms with van der Waals surface area (Å²) >= 11 is 0.857. The number of nitrogens with zero attached hydrogens (tertiary/aromatic N) is 6. The molecule has 1 saturated heterocycles. The number of halogens is 3. The van der Waals surface area contributed by atoms with Crippen LogP contribution in [-0.2, 0) is 4.74 Å². The molecule has 3 atom stereocenters. The highest BCUT2D eigenvalue weighted by atomic mass is 32.2. The van der Waals surface area contributed by atoms with Gasteiger partial charge in [-0.15, -0.1) is 0 Å². The maximum Gasteiger partial charge on any atom is 0.319 e. The summed E-state index contributed by atoms with van der Waals surface area (Å²) < 4.78 is 58.1. The summed E-state index contributed by atoms with van der Waals surface area (Å²) in [5.74, 6) is -3.46. The maximum atomic E-state index is 16.6. The van der Waals surface area contributed by atoms with Crippen LogP contribution in [0.1, 0.15) is 52.1 Å². The van der Waals surface area contributed by atoms with Crippen LogP contribution < -0.4 is 15.4 Å². The second kappa shape index (κ2) is 12.8. The summed E-state index contributed by atoms with van der Waals surface area (Å²) in [6, 6.07) is 2.38. The molecule has 2 fully saturated rings. The van der Waals surface area contributed by atoms with E-state index in [1.807, 2.05) is 17.9 Å². The number of hydrogen-bond acceptors (Lipinski definition) is 10. The molecule has 9 nitrogen and oxygen atoms in total. The lowest BCUT2D eigenvalue weighted by Crippen LogP contribution is -2.47. The quantitative estimate of drug-likeness (QED) is 0.331. The van der Waals surface area contributed by atoms with E-state index in [0.717, 1.165) is 56.6 Å². The third kappa shape index (κ3) is 6.00. The molecule has 0 radical (unpaired) electrons. The average molecular weight is 642 g/mol. The Balaban J connectivity index is 1.39. The fraction of sp³-hybridized carbons (Fsp3) is 0.562. The summed E-state index contributed by atoms with van der Waals surface area (Å²) in [6.07, 6.45) is 6.27. The van der Waals surface area contributed by atoms with E-state index >= 15 is 4.39 Å². The third-order valence-corrected chi connectivity index (χ3v) is 10.4. The predicted octanol–water partition coefficient (Wildman–Crippen LogP) is 5.64. The Kier molecular flexibility index (Phi) is 9.00. The average Bonchev–Trinajstić information content (AvgIpc) is 3.72. The number of morpholine rings is 1. The number of anilines is 1. The zero-order valence-electron chi connectivity index (χ0n) is 25.8. The van der Waals surface area contributed by atoms with Crippen LogP contribution in [0.4, 0.5) is 19.0 Å². The number of hydrogen-bond donors (Lipinski definition) is 1. The highest BCUT2D eigenvalue weighted by Crippen LogP contribution is 2.53. The molecule has 13 heteroatoms. The Labute approximate surface area is 265 Å².